The predicted molar refractivity (Wildman–Crippen MR) is 59.8 cm³/mol. The Bertz CT molecular complexity index is 534. The fourth-order valence-electron chi connectivity index (χ4n) is 1.75. The maximum Gasteiger partial charge on any atom is 0.411 e. The van der Waals surface area contributed by atoms with Gasteiger partial charge in [-0.25, -0.2) is 0 Å². The summed E-state index contributed by atoms with van der Waals surface area (Å²) in [6.07, 6.45) is -4.34. The molecule has 1 aromatic heterocycles. The largest absolute Gasteiger partial charge is 0.458 e. The number of alkyl halides is 3. The number of para-hydroxylation sites is 1. The van der Waals surface area contributed by atoms with Crippen LogP contribution in [0.15, 0.2) is 28.7 Å². The molecule has 18 heavy (non-hydrogen) atoms. The molecular formula is C12H12F3NO2. The summed E-state index contributed by atoms with van der Waals surface area (Å²) < 4.78 is 45.9. The third kappa shape index (κ3) is 2.83. The highest BCUT2D eigenvalue weighted by atomic mass is 19.4. The fraction of sp³-hybridized carbons (Fsp3) is 0.333. The third-order valence-electron chi connectivity index (χ3n) is 2.48. The first kappa shape index (κ1) is 12.9. The van der Waals surface area contributed by atoms with Gasteiger partial charge in [0, 0.05) is 17.5 Å². The van der Waals surface area contributed by atoms with Crippen LogP contribution in [-0.2, 0) is 17.9 Å². The van der Waals surface area contributed by atoms with E-state index in [0.29, 0.717) is 16.9 Å². The molecule has 0 saturated carbocycles. The number of nitrogens with two attached hydrogens (primary N) is 1. The molecular weight excluding hydrogens is 247 g/mol. The number of hydrogen-bond donors (Lipinski definition) is 1. The van der Waals surface area contributed by atoms with E-state index in [4.69, 9.17) is 10.2 Å². The lowest BCUT2D eigenvalue weighted by Gasteiger charge is -2.06. The highest BCUT2D eigenvalue weighted by Gasteiger charge is 2.27. The van der Waals surface area contributed by atoms with Crippen molar-refractivity contribution in [2.24, 2.45) is 5.73 Å². The SMILES string of the molecule is NCc1c(COCC(F)(F)F)oc2ccccc12. The van der Waals surface area contributed by atoms with Crippen molar-refractivity contribution in [1.29, 1.82) is 0 Å². The van der Waals surface area contributed by atoms with Crippen LogP contribution in [0.4, 0.5) is 13.2 Å². The Hall–Kier alpha value is -1.53. The van der Waals surface area contributed by atoms with Crippen LogP contribution in [0.3, 0.4) is 0 Å². The molecule has 2 N–H and O–H groups in total. The zero-order valence-electron chi connectivity index (χ0n) is 9.46. The van der Waals surface area contributed by atoms with E-state index >= 15 is 0 Å². The van der Waals surface area contributed by atoms with Gasteiger partial charge in [-0.05, 0) is 6.07 Å². The molecule has 0 fully saturated rings. The first-order valence-corrected chi connectivity index (χ1v) is 5.35. The Morgan fingerprint density at radius 3 is 2.61 bits per heavy atom. The van der Waals surface area contributed by atoms with Gasteiger partial charge >= 0.3 is 6.18 Å². The van der Waals surface area contributed by atoms with Crippen molar-refractivity contribution >= 4 is 11.0 Å². The zero-order valence-corrected chi connectivity index (χ0v) is 9.46. The molecule has 0 atom stereocenters. The minimum atomic E-state index is -4.34. The van der Waals surface area contributed by atoms with E-state index in [2.05, 4.69) is 4.74 Å². The summed E-state index contributed by atoms with van der Waals surface area (Å²) in [4.78, 5) is 0. The smallest absolute Gasteiger partial charge is 0.411 e. The van der Waals surface area contributed by atoms with Crippen LogP contribution in [0, 0.1) is 0 Å². The topological polar surface area (TPSA) is 48.4 Å². The van der Waals surface area contributed by atoms with E-state index in [9.17, 15) is 13.2 Å². The van der Waals surface area contributed by atoms with Crippen LogP contribution < -0.4 is 5.73 Å². The first-order valence-electron chi connectivity index (χ1n) is 5.35. The minimum absolute atomic E-state index is 0.196. The molecule has 98 valence electrons. The molecule has 0 aliphatic carbocycles. The second kappa shape index (κ2) is 4.99. The van der Waals surface area contributed by atoms with Gasteiger partial charge in [-0.15, -0.1) is 0 Å². The molecule has 2 rings (SSSR count). The molecule has 1 heterocycles. The van der Waals surface area contributed by atoms with Gasteiger partial charge in [0.2, 0.25) is 0 Å². The number of halogens is 3. The van der Waals surface area contributed by atoms with Gasteiger partial charge in [-0.2, -0.15) is 13.2 Å². The lowest BCUT2D eigenvalue weighted by atomic mass is 10.1. The quantitative estimate of drug-likeness (QED) is 0.918. The second-order valence-corrected chi connectivity index (χ2v) is 3.81. The number of ether oxygens (including phenoxy) is 1. The van der Waals surface area contributed by atoms with Gasteiger partial charge in [0.05, 0.1) is 0 Å². The third-order valence-corrected chi connectivity index (χ3v) is 2.48. The van der Waals surface area contributed by atoms with Gasteiger partial charge < -0.3 is 14.9 Å². The van der Waals surface area contributed by atoms with E-state index in [0.717, 1.165) is 5.39 Å². The maximum atomic E-state index is 12.0. The Balaban J connectivity index is 2.17. The lowest BCUT2D eigenvalue weighted by Crippen LogP contribution is -2.17. The molecule has 0 bridgehead atoms. The van der Waals surface area contributed by atoms with Crippen LogP contribution in [0.5, 0.6) is 0 Å². The summed E-state index contributed by atoms with van der Waals surface area (Å²) in [5, 5.41) is 0.811. The van der Waals surface area contributed by atoms with Gasteiger partial charge in [0.25, 0.3) is 0 Å². The number of benzene rings is 1. The van der Waals surface area contributed by atoms with Gasteiger partial charge in [-0.1, -0.05) is 18.2 Å². The standard InChI is InChI=1S/C12H12F3NO2/c13-12(14,15)7-17-6-11-9(5-16)8-3-1-2-4-10(8)18-11/h1-4H,5-7,16H2. The van der Waals surface area contributed by atoms with E-state index in [1.165, 1.54) is 0 Å². The summed E-state index contributed by atoms with van der Waals surface area (Å²) in [5.41, 5.74) is 6.87. The van der Waals surface area contributed by atoms with Crippen LogP contribution in [0.1, 0.15) is 11.3 Å². The first-order chi connectivity index (χ1) is 8.51. The molecule has 0 radical (unpaired) electrons. The lowest BCUT2D eigenvalue weighted by molar-refractivity contribution is -0.177. The Labute approximate surface area is 101 Å². The minimum Gasteiger partial charge on any atom is -0.458 e. The van der Waals surface area contributed by atoms with Gasteiger partial charge in [-0.3, -0.25) is 0 Å². The average molecular weight is 259 g/mol. The second-order valence-electron chi connectivity index (χ2n) is 3.81. The highest BCUT2D eigenvalue weighted by molar-refractivity contribution is 5.82. The fourth-order valence-corrected chi connectivity index (χ4v) is 1.75. The van der Waals surface area contributed by atoms with E-state index < -0.39 is 12.8 Å². The average Bonchev–Trinajstić information content (AvgIpc) is 2.64. The van der Waals surface area contributed by atoms with Crippen molar-refractivity contribution in [3.63, 3.8) is 0 Å². The van der Waals surface area contributed by atoms with Crippen molar-refractivity contribution in [3.05, 3.63) is 35.6 Å². The normalized spacial score (nSPS) is 12.2. The predicted octanol–water partition coefficient (Wildman–Crippen LogP) is 2.97. The molecule has 0 aliphatic rings. The number of rotatable bonds is 4. The molecule has 0 unspecified atom stereocenters. The molecule has 0 spiro atoms. The summed E-state index contributed by atoms with van der Waals surface area (Å²) in [5.74, 6) is 0.350. The molecule has 3 nitrogen and oxygen atoms in total. The highest BCUT2D eigenvalue weighted by Crippen LogP contribution is 2.26. The van der Waals surface area contributed by atoms with Gasteiger partial charge in [0.15, 0.2) is 0 Å². The van der Waals surface area contributed by atoms with Crippen LogP contribution in [0.25, 0.3) is 11.0 Å². The van der Waals surface area contributed by atoms with E-state index in [-0.39, 0.29) is 13.2 Å². The van der Waals surface area contributed by atoms with Crippen LogP contribution in [0.2, 0.25) is 0 Å². The number of hydrogen-bond acceptors (Lipinski definition) is 3. The number of furan rings is 1. The van der Waals surface area contributed by atoms with Crippen LogP contribution >= 0.6 is 0 Å². The Morgan fingerprint density at radius 2 is 1.94 bits per heavy atom. The molecule has 0 saturated heterocycles. The van der Waals surface area contributed by atoms with E-state index in [1.807, 2.05) is 12.1 Å². The van der Waals surface area contributed by atoms with Crippen molar-refractivity contribution in [1.82, 2.24) is 0 Å². The van der Waals surface area contributed by atoms with Gasteiger partial charge in [0.1, 0.15) is 24.6 Å². The monoisotopic (exact) mass is 259 g/mol. The Kier molecular flexibility index (Phi) is 3.58. The summed E-state index contributed by atoms with van der Waals surface area (Å²) in [7, 11) is 0. The van der Waals surface area contributed by atoms with Crippen LogP contribution in [-0.4, -0.2) is 12.8 Å². The maximum absolute atomic E-state index is 12.0. The Morgan fingerprint density at radius 1 is 1.22 bits per heavy atom. The molecule has 1 aromatic carbocycles. The molecule has 0 aliphatic heterocycles. The van der Waals surface area contributed by atoms with Crippen molar-refractivity contribution in [2.45, 2.75) is 19.3 Å². The molecule has 2 aromatic rings. The molecule has 6 heteroatoms. The summed E-state index contributed by atoms with van der Waals surface area (Å²) in [6, 6.07) is 7.15. The zero-order chi connectivity index (χ0) is 13.2. The van der Waals surface area contributed by atoms with Crippen molar-refractivity contribution in [3.8, 4) is 0 Å². The summed E-state index contributed by atoms with van der Waals surface area (Å²) in [6.45, 7) is -1.34. The number of fused-ring (bicyclic) bond motifs is 1. The van der Waals surface area contributed by atoms with Crippen molar-refractivity contribution < 1.29 is 22.3 Å². The van der Waals surface area contributed by atoms with Crippen molar-refractivity contribution in [2.75, 3.05) is 6.61 Å². The molecule has 0 amide bonds. The van der Waals surface area contributed by atoms with E-state index in [1.54, 1.807) is 12.1 Å². The summed E-state index contributed by atoms with van der Waals surface area (Å²) >= 11 is 0.